The zero-order chi connectivity index (χ0) is 37.2. The summed E-state index contributed by atoms with van der Waals surface area (Å²) in [6.45, 7) is 2.86. The normalized spacial score (nSPS) is 8.08. The Labute approximate surface area is 316 Å². The molecule has 0 radical (unpaired) electrons. The molecule has 0 fully saturated rings. The van der Waals surface area contributed by atoms with Crippen molar-refractivity contribution in [2.24, 2.45) is 0 Å². The van der Waals surface area contributed by atoms with Crippen molar-refractivity contribution in [3.8, 4) is 45.5 Å². The number of hydrogen-bond donors (Lipinski definition) is 0. The van der Waals surface area contributed by atoms with Gasteiger partial charge in [-0.2, -0.15) is 10.5 Å². The van der Waals surface area contributed by atoms with Crippen molar-refractivity contribution in [1.82, 2.24) is 15.0 Å². The van der Waals surface area contributed by atoms with Crippen LogP contribution >= 0.6 is 0 Å². The zero-order valence-electron chi connectivity index (χ0n) is 27.9. The molecular weight excluding hydrogens is 751 g/mol. The first-order valence-electron chi connectivity index (χ1n) is 14.3. The summed E-state index contributed by atoms with van der Waals surface area (Å²) in [6.07, 6.45) is 10.8. The molecular formula is C37H33CdN7O6. The molecule has 6 aromatic rings. The summed E-state index contributed by atoms with van der Waals surface area (Å²) >= 11 is 0. The largest absolute Gasteiger partial charge is 2.00 e. The summed E-state index contributed by atoms with van der Waals surface area (Å²) in [5.41, 5.74) is 7.35. The number of aromatic nitrogens is 3. The average molecular weight is 784 g/mol. The fourth-order valence-corrected chi connectivity index (χ4v) is 3.52. The SMILES string of the molecule is CC#N.CC#N.O=[N+]([O-])[O-].O=[N+]([O-])[O-].[Cd+2].c1ccc(-c2ccncc2)cc1.c1ccc(-c2ccncc2)cc1.c1ccc(-c2ccncc2)cc1. The Kier molecular flexibility index (Phi) is 29.2. The Hall–Kier alpha value is -6.59. The third-order valence-corrected chi connectivity index (χ3v) is 5.36. The van der Waals surface area contributed by atoms with Crippen molar-refractivity contribution in [2.75, 3.05) is 0 Å². The number of hydrogen-bond acceptors (Lipinski definition) is 11. The van der Waals surface area contributed by atoms with Crippen molar-refractivity contribution >= 4 is 0 Å². The minimum Gasteiger partial charge on any atom is -0.356 e. The van der Waals surface area contributed by atoms with E-state index in [2.05, 4.69) is 51.4 Å². The average Bonchev–Trinajstić information content (AvgIpc) is 3.15. The van der Waals surface area contributed by atoms with E-state index in [0.29, 0.717) is 0 Å². The fourth-order valence-electron chi connectivity index (χ4n) is 3.52. The summed E-state index contributed by atoms with van der Waals surface area (Å²) in [5.74, 6) is 0. The molecule has 0 aliphatic heterocycles. The number of rotatable bonds is 3. The molecule has 0 saturated carbocycles. The molecule has 0 bridgehead atoms. The summed E-state index contributed by atoms with van der Waals surface area (Å²) < 4.78 is 0. The number of benzene rings is 3. The fraction of sp³-hybridized carbons (Fsp3) is 0.0541. The van der Waals surface area contributed by atoms with Crippen LogP contribution in [-0.4, -0.2) is 25.1 Å². The van der Waals surface area contributed by atoms with Crippen LogP contribution in [-0.2, 0) is 27.3 Å². The summed E-state index contributed by atoms with van der Waals surface area (Å²) in [5, 5.41) is 44.1. The smallest absolute Gasteiger partial charge is 0.356 e. The van der Waals surface area contributed by atoms with Gasteiger partial charge in [0, 0.05) is 51.0 Å². The predicted molar refractivity (Wildman–Crippen MR) is 192 cm³/mol. The van der Waals surface area contributed by atoms with Crippen molar-refractivity contribution in [3.05, 3.63) is 195 Å². The molecule has 254 valence electrons. The summed E-state index contributed by atoms with van der Waals surface area (Å²) in [6, 6.07) is 46.4. The van der Waals surface area contributed by atoms with Gasteiger partial charge in [0.1, 0.15) is 0 Å². The first kappa shape index (κ1) is 46.5. The van der Waals surface area contributed by atoms with Crippen LogP contribution in [0.15, 0.2) is 165 Å². The second kappa shape index (κ2) is 32.0. The van der Waals surface area contributed by atoms with Gasteiger partial charge < -0.3 is 30.6 Å². The molecule has 3 aromatic heterocycles. The Bertz CT molecular complexity index is 1480. The number of nitrogens with zero attached hydrogens (tertiary/aromatic N) is 7. The monoisotopic (exact) mass is 785 g/mol. The molecule has 14 heteroatoms. The van der Waals surface area contributed by atoms with Crippen LogP contribution in [0.4, 0.5) is 0 Å². The second-order valence-corrected chi connectivity index (χ2v) is 8.70. The molecule has 0 spiro atoms. The van der Waals surface area contributed by atoms with Crippen molar-refractivity contribution in [1.29, 1.82) is 10.5 Å². The Balaban J connectivity index is 0. The molecule has 51 heavy (non-hydrogen) atoms. The van der Waals surface area contributed by atoms with Gasteiger partial charge in [-0.05, 0) is 69.8 Å². The molecule has 0 aliphatic rings. The Morgan fingerprint density at radius 1 is 0.412 bits per heavy atom. The second-order valence-electron chi connectivity index (χ2n) is 8.70. The molecule has 6 rings (SSSR count). The van der Waals surface area contributed by atoms with E-state index in [1.807, 2.05) is 128 Å². The minimum atomic E-state index is -1.75. The van der Waals surface area contributed by atoms with Crippen LogP contribution in [0.2, 0.25) is 0 Å². The van der Waals surface area contributed by atoms with Crippen LogP contribution in [0.3, 0.4) is 0 Å². The minimum absolute atomic E-state index is 0. The van der Waals surface area contributed by atoms with Crippen molar-refractivity contribution in [2.45, 2.75) is 13.8 Å². The first-order chi connectivity index (χ1) is 24.2. The van der Waals surface area contributed by atoms with Gasteiger partial charge in [0.05, 0.1) is 22.3 Å². The number of nitriles is 2. The van der Waals surface area contributed by atoms with Gasteiger partial charge in [0.15, 0.2) is 0 Å². The third kappa shape index (κ3) is 26.1. The topological polar surface area (TPSA) is 219 Å². The molecule has 0 atom stereocenters. The van der Waals surface area contributed by atoms with E-state index >= 15 is 0 Å². The van der Waals surface area contributed by atoms with Crippen molar-refractivity contribution in [3.63, 3.8) is 0 Å². The van der Waals surface area contributed by atoms with Crippen molar-refractivity contribution < 1.29 is 37.5 Å². The Morgan fingerprint density at radius 2 is 0.549 bits per heavy atom. The molecule has 3 aromatic carbocycles. The van der Waals surface area contributed by atoms with Crippen LogP contribution in [0.5, 0.6) is 0 Å². The third-order valence-electron chi connectivity index (χ3n) is 5.36. The predicted octanol–water partition coefficient (Wildman–Crippen LogP) is 8.82. The van der Waals surface area contributed by atoms with Gasteiger partial charge in [-0.3, -0.25) is 15.0 Å². The van der Waals surface area contributed by atoms with Crippen LogP contribution in [0, 0.1) is 53.3 Å². The van der Waals surface area contributed by atoms with E-state index in [0.717, 1.165) is 0 Å². The van der Waals surface area contributed by atoms with Gasteiger partial charge in [-0.1, -0.05) is 91.0 Å². The first-order valence-corrected chi connectivity index (χ1v) is 14.3. The van der Waals surface area contributed by atoms with E-state index < -0.39 is 10.2 Å². The van der Waals surface area contributed by atoms with Gasteiger partial charge in [-0.25, -0.2) is 0 Å². The maximum Gasteiger partial charge on any atom is 2.00 e. The van der Waals surface area contributed by atoms with E-state index in [4.69, 9.17) is 41.2 Å². The maximum absolute atomic E-state index is 8.25. The van der Waals surface area contributed by atoms with Gasteiger partial charge >= 0.3 is 27.3 Å². The summed E-state index contributed by atoms with van der Waals surface area (Å²) in [7, 11) is 0. The van der Waals surface area contributed by atoms with E-state index in [1.54, 1.807) is 12.1 Å². The quantitative estimate of drug-likeness (QED) is 0.0937. The molecule has 0 aliphatic carbocycles. The standard InChI is InChI=1S/3C11H9N.2C2H3N.Cd.2NO3/c3*1-2-4-10(5-3-1)11-6-8-12-9-7-11;2*1-2-3;;2*2-1(3)4/h3*1-9H;2*1H3;;;/q;;;;;+2;2*-1. The molecule has 3 heterocycles. The molecule has 13 nitrogen and oxygen atoms in total. The molecule has 0 amide bonds. The van der Waals surface area contributed by atoms with E-state index in [1.165, 1.54) is 47.2 Å². The van der Waals surface area contributed by atoms with Gasteiger partial charge in [-0.15, -0.1) is 0 Å². The van der Waals surface area contributed by atoms with E-state index in [9.17, 15) is 0 Å². The van der Waals surface area contributed by atoms with Crippen LogP contribution in [0.25, 0.3) is 33.4 Å². The van der Waals surface area contributed by atoms with Crippen LogP contribution < -0.4 is 0 Å². The van der Waals surface area contributed by atoms with Gasteiger partial charge in [0.2, 0.25) is 0 Å². The van der Waals surface area contributed by atoms with Crippen LogP contribution in [0.1, 0.15) is 13.8 Å². The molecule has 0 unspecified atom stereocenters. The maximum atomic E-state index is 8.25. The number of pyridine rings is 3. The molecule has 0 N–H and O–H groups in total. The van der Waals surface area contributed by atoms with Gasteiger partial charge in [0.25, 0.3) is 0 Å². The summed E-state index contributed by atoms with van der Waals surface area (Å²) in [4.78, 5) is 28.4. The zero-order valence-corrected chi connectivity index (χ0v) is 31.9. The molecule has 0 saturated heterocycles. The Morgan fingerprint density at radius 3 is 0.706 bits per heavy atom. The van der Waals surface area contributed by atoms with E-state index in [-0.39, 0.29) is 27.3 Å².